The summed E-state index contributed by atoms with van der Waals surface area (Å²) in [5, 5.41) is 0. The molecule has 1 aromatic rings. The molecule has 0 aromatic heterocycles. The Kier molecular flexibility index (Phi) is 5.85. The molecule has 1 atom stereocenters. The number of rotatable bonds is 4. The lowest BCUT2D eigenvalue weighted by molar-refractivity contribution is 0.351. The van der Waals surface area contributed by atoms with Crippen molar-refractivity contribution in [3.63, 3.8) is 0 Å². The molecule has 0 unspecified atom stereocenters. The molecule has 1 rings (SSSR count). The van der Waals surface area contributed by atoms with Crippen molar-refractivity contribution in [3.05, 3.63) is 36.2 Å². The third-order valence-electron chi connectivity index (χ3n) is 2.12. The molecule has 3 nitrogen and oxygen atoms in total. The first-order valence-electron chi connectivity index (χ1n) is 4.43. The highest BCUT2D eigenvalue weighted by Crippen LogP contribution is 2.31. The number of benzene rings is 1. The highest BCUT2D eigenvalue weighted by molar-refractivity contribution is 5.85. The van der Waals surface area contributed by atoms with Gasteiger partial charge in [0.1, 0.15) is 5.82 Å². The van der Waals surface area contributed by atoms with E-state index in [0.29, 0.717) is 17.1 Å². The van der Waals surface area contributed by atoms with Crippen LogP contribution in [0.4, 0.5) is 4.39 Å². The van der Waals surface area contributed by atoms with E-state index in [0.717, 1.165) is 0 Å². The first-order valence-corrected chi connectivity index (χ1v) is 4.43. The van der Waals surface area contributed by atoms with E-state index in [4.69, 9.17) is 15.2 Å². The summed E-state index contributed by atoms with van der Waals surface area (Å²) >= 11 is 0. The van der Waals surface area contributed by atoms with E-state index in [1.807, 2.05) is 0 Å². The SMILES string of the molecule is C=C[C@@H](N)c1cc(OC)c(OC)cc1F.Cl. The Labute approximate surface area is 100 Å². The van der Waals surface area contributed by atoms with E-state index in [2.05, 4.69) is 6.58 Å². The summed E-state index contributed by atoms with van der Waals surface area (Å²) in [5.41, 5.74) is 5.99. The lowest BCUT2D eigenvalue weighted by Gasteiger charge is -2.13. The zero-order valence-corrected chi connectivity index (χ0v) is 10.0. The van der Waals surface area contributed by atoms with Crippen LogP contribution >= 0.6 is 12.4 Å². The summed E-state index contributed by atoms with van der Waals surface area (Å²) in [6.45, 7) is 3.51. The van der Waals surface area contributed by atoms with E-state index in [9.17, 15) is 4.39 Å². The predicted octanol–water partition coefficient (Wildman–Crippen LogP) is 2.45. The molecule has 1 aromatic carbocycles. The molecular weight excluding hydrogens is 233 g/mol. The molecule has 0 aliphatic rings. The average molecular weight is 248 g/mol. The summed E-state index contributed by atoms with van der Waals surface area (Å²) in [5.74, 6) is 0.362. The van der Waals surface area contributed by atoms with Gasteiger partial charge in [-0.2, -0.15) is 0 Å². The van der Waals surface area contributed by atoms with Crippen molar-refractivity contribution in [1.29, 1.82) is 0 Å². The largest absolute Gasteiger partial charge is 0.493 e. The van der Waals surface area contributed by atoms with Gasteiger partial charge in [-0.25, -0.2) is 4.39 Å². The van der Waals surface area contributed by atoms with Crippen LogP contribution in [0.1, 0.15) is 11.6 Å². The van der Waals surface area contributed by atoms with Crippen molar-refractivity contribution in [2.45, 2.75) is 6.04 Å². The van der Waals surface area contributed by atoms with Gasteiger partial charge in [-0.1, -0.05) is 6.08 Å². The van der Waals surface area contributed by atoms with Gasteiger partial charge < -0.3 is 15.2 Å². The van der Waals surface area contributed by atoms with Gasteiger partial charge in [-0.05, 0) is 6.07 Å². The second kappa shape index (κ2) is 6.35. The van der Waals surface area contributed by atoms with Crippen molar-refractivity contribution in [2.24, 2.45) is 5.73 Å². The molecular formula is C11H15ClFNO2. The predicted molar refractivity (Wildman–Crippen MR) is 63.9 cm³/mol. The summed E-state index contributed by atoms with van der Waals surface area (Å²) in [6.07, 6.45) is 1.46. The Balaban J connectivity index is 0.00000225. The summed E-state index contributed by atoms with van der Waals surface area (Å²) in [4.78, 5) is 0. The Bertz CT molecular complexity index is 371. The van der Waals surface area contributed by atoms with Crippen LogP contribution in [0.15, 0.2) is 24.8 Å². The third-order valence-corrected chi connectivity index (χ3v) is 2.12. The molecule has 0 amide bonds. The molecule has 0 aliphatic heterocycles. The van der Waals surface area contributed by atoms with Gasteiger partial charge >= 0.3 is 0 Å². The zero-order valence-electron chi connectivity index (χ0n) is 9.20. The molecule has 90 valence electrons. The van der Waals surface area contributed by atoms with Crippen LogP contribution in [0.2, 0.25) is 0 Å². The first-order chi connectivity index (χ1) is 7.13. The lowest BCUT2D eigenvalue weighted by atomic mass is 10.1. The number of hydrogen-bond acceptors (Lipinski definition) is 3. The summed E-state index contributed by atoms with van der Waals surface area (Å²) in [6, 6.07) is 2.21. The van der Waals surface area contributed by atoms with Gasteiger partial charge in [0.05, 0.1) is 20.3 Å². The maximum absolute atomic E-state index is 13.5. The van der Waals surface area contributed by atoms with Gasteiger partial charge in [0.25, 0.3) is 0 Å². The van der Waals surface area contributed by atoms with Gasteiger partial charge in [-0.15, -0.1) is 19.0 Å². The molecule has 16 heavy (non-hydrogen) atoms. The molecule has 2 N–H and O–H groups in total. The zero-order chi connectivity index (χ0) is 11.4. The van der Waals surface area contributed by atoms with Crippen molar-refractivity contribution in [3.8, 4) is 11.5 Å². The summed E-state index contributed by atoms with van der Waals surface area (Å²) < 4.78 is 23.5. The maximum Gasteiger partial charge on any atom is 0.163 e. The fraction of sp³-hybridized carbons (Fsp3) is 0.273. The van der Waals surface area contributed by atoms with E-state index < -0.39 is 11.9 Å². The van der Waals surface area contributed by atoms with Crippen molar-refractivity contribution in [1.82, 2.24) is 0 Å². The van der Waals surface area contributed by atoms with Crippen LogP contribution in [-0.2, 0) is 0 Å². The highest BCUT2D eigenvalue weighted by atomic mass is 35.5. The average Bonchev–Trinajstić information content (AvgIpc) is 2.27. The molecule has 0 radical (unpaired) electrons. The van der Waals surface area contributed by atoms with E-state index in [-0.39, 0.29) is 12.4 Å². The second-order valence-corrected chi connectivity index (χ2v) is 2.99. The minimum atomic E-state index is -0.551. The van der Waals surface area contributed by atoms with Crippen LogP contribution in [-0.4, -0.2) is 14.2 Å². The fourth-order valence-corrected chi connectivity index (χ4v) is 1.25. The van der Waals surface area contributed by atoms with Gasteiger partial charge in [0.15, 0.2) is 11.5 Å². The number of nitrogens with two attached hydrogens (primary N) is 1. The minimum Gasteiger partial charge on any atom is -0.493 e. The molecule has 0 spiro atoms. The van der Waals surface area contributed by atoms with Crippen LogP contribution < -0.4 is 15.2 Å². The van der Waals surface area contributed by atoms with Crippen molar-refractivity contribution >= 4 is 12.4 Å². The van der Waals surface area contributed by atoms with Gasteiger partial charge in [0.2, 0.25) is 0 Å². The minimum absolute atomic E-state index is 0. The highest BCUT2D eigenvalue weighted by Gasteiger charge is 2.14. The van der Waals surface area contributed by atoms with Gasteiger partial charge in [-0.3, -0.25) is 0 Å². The standard InChI is InChI=1S/C11H14FNO2.ClH/c1-4-9(13)7-5-10(14-2)11(15-3)6-8(7)12;/h4-6,9H,1,13H2,2-3H3;1H/t9-;/m1./s1. The van der Waals surface area contributed by atoms with Gasteiger partial charge in [0, 0.05) is 11.6 Å². The molecule has 0 saturated heterocycles. The second-order valence-electron chi connectivity index (χ2n) is 2.99. The third kappa shape index (κ3) is 2.87. The number of hydrogen-bond donors (Lipinski definition) is 1. The Hall–Kier alpha value is -1.26. The number of ether oxygens (including phenoxy) is 2. The topological polar surface area (TPSA) is 44.5 Å². The molecule has 0 fully saturated rings. The van der Waals surface area contributed by atoms with Crippen LogP contribution in [0.5, 0.6) is 11.5 Å². The Morgan fingerprint density at radius 1 is 1.31 bits per heavy atom. The van der Waals surface area contributed by atoms with Crippen LogP contribution in [0.3, 0.4) is 0 Å². The van der Waals surface area contributed by atoms with Crippen LogP contribution in [0, 0.1) is 5.82 Å². The molecule has 5 heteroatoms. The molecule has 0 heterocycles. The lowest BCUT2D eigenvalue weighted by Crippen LogP contribution is -2.09. The van der Waals surface area contributed by atoms with Crippen LogP contribution in [0.25, 0.3) is 0 Å². The van der Waals surface area contributed by atoms with Crippen molar-refractivity contribution < 1.29 is 13.9 Å². The quantitative estimate of drug-likeness (QED) is 0.832. The van der Waals surface area contributed by atoms with Crippen molar-refractivity contribution in [2.75, 3.05) is 14.2 Å². The van der Waals surface area contributed by atoms with E-state index >= 15 is 0 Å². The Morgan fingerprint density at radius 2 is 1.81 bits per heavy atom. The number of halogens is 2. The molecule has 0 aliphatic carbocycles. The van der Waals surface area contributed by atoms with E-state index in [1.165, 1.54) is 32.4 Å². The Morgan fingerprint density at radius 3 is 2.25 bits per heavy atom. The molecule has 0 saturated carbocycles. The number of methoxy groups -OCH3 is 2. The maximum atomic E-state index is 13.5. The fourth-order valence-electron chi connectivity index (χ4n) is 1.25. The monoisotopic (exact) mass is 247 g/mol. The van der Waals surface area contributed by atoms with E-state index in [1.54, 1.807) is 0 Å². The normalized spacial score (nSPS) is 11.2. The smallest absolute Gasteiger partial charge is 0.163 e. The molecule has 0 bridgehead atoms. The summed E-state index contributed by atoms with van der Waals surface area (Å²) in [7, 11) is 2.93. The first kappa shape index (κ1) is 14.7.